The smallest absolute Gasteiger partial charge is 0.339 e. The van der Waals surface area contributed by atoms with Crippen LogP contribution in [0.2, 0.25) is 0 Å². The Bertz CT molecular complexity index is 431. The molecule has 0 radical (unpaired) electrons. The van der Waals surface area contributed by atoms with Crippen LogP contribution in [0, 0.1) is 5.92 Å². The number of hydrogen-bond donors (Lipinski definition) is 3. The minimum Gasteiger partial charge on any atom is -0.478 e. The number of hydrogen-bond acceptors (Lipinski definition) is 5. The van der Waals surface area contributed by atoms with Crippen molar-refractivity contribution in [2.45, 2.75) is 12.8 Å². The van der Waals surface area contributed by atoms with E-state index < -0.39 is 5.97 Å². The van der Waals surface area contributed by atoms with Gasteiger partial charge in [0.05, 0.1) is 11.9 Å². The Balaban J connectivity index is 1.93. The summed E-state index contributed by atoms with van der Waals surface area (Å²) < 4.78 is 5.28. The average Bonchev–Trinajstić information content (AvgIpc) is 2.84. The lowest BCUT2D eigenvalue weighted by Crippen LogP contribution is -2.13. The number of nitrogen functional groups attached to an aromatic ring is 1. The summed E-state index contributed by atoms with van der Waals surface area (Å²) in [6, 6.07) is 1.41. The van der Waals surface area contributed by atoms with Crippen LogP contribution in [0.3, 0.4) is 0 Å². The quantitative estimate of drug-likeness (QED) is 0.727. The molecule has 1 aromatic heterocycles. The molecule has 1 atom stereocenters. The molecule has 0 saturated carbocycles. The third kappa shape index (κ3) is 3.10. The Morgan fingerprint density at radius 3 is 3.17 bits per heavy atom. The molecule has 1 unspecified atom stereocenters. The van der Waals surface area contributed by atoms with Gasteiger partial charge in [0.2, 0.25) is 0 Å². The van der Waals surface area contributed by atoms with E-state index in [-0.39, 0.29) is 5.56 Å². The predicted octanol–water partition coefficient (Wildman–Crippen LogP) is 1.20. The van der Waals surface area contributed by atoms with Crippen molar-refractivity contribution in [3.05, 3.63) is 17.8 Å². The maximum absolute atomic E-state index is 11.0. The maximum atomic E-state index is 11.0. The molecule has 1 fully saturated rings. The van der Waals surface area contributed by atoms with Crippen molar-refractivity contribution in [3.63, 3.8) is 0 Å². The van der Waals surface area contributed by atoms with Gasteiger partial charge in [-0.25, -0.2) is 9.78 Å². The number of aromatic carboxylic acids is 1. The Morgan fingerprint density at radius 1 is 1.67 bits per heavy atom. The van der Waals surface area contributed by atoms with Gasteiger partial charge in [-0.15, -0.1) is 0 Å². The molecule has 6 nitrogen and oxygen atoms in total. The normalized spacial score (nSPS) is 18.8. The van der Waals surface area contributed by atoms with E-state index in [1.54, 1.807) is 0 Å². The molecule has 1 aliphatic rings. The zero-order valence-electron chi connectivity index (χ0n) is 10.1. The molecular weight excluding hydrogens is 234 g/mol. The van der Waals surface area contributed by atoms with Gasteiger partial charge in [0.1, 0.15) is 11.4 Å². The fourth-order valence-electron chi connectivity index (χ4n) is 1.99. The average molecular weight is 251 g/mol. The number of nitrogens with two attached hydrogens (primary N) is 1. The molecule has 18 heavy (non-hydrogen) atoms. The van der Waals surface area contributed by atoms with Crippen LogP contribution in [0.15, 0.2) is 12.3 Å². The first-order chi connectivity index (χ1) is 8.66. The molecule has 1 aliphatic heterocycles. The third-order valence-corrected chi connectivity index (χ3v) is 3.01. The number of ether oxygens (including phenoxy) is 1. The van der Waals surface area contributed by atoms with Crippen LogP contribution in [0.25, 0.3) is 0 Å². The largest absolute Gasteiger partial charge is 0.478 e. The van der Waals surface area contributed by atoms with Gasteiger partial charge in [0.25, 0.3) is 0 Å². The number of carbonyl (C=O) groups is 1. The topological polar surface area (TPSA) is 97.5 Å². The monoisotopic (exact) mass is 251 g/mol. The van der Waals surface area contributed by atoms with E-state index in [1.165, 1.54) is 12.3 Å². The summed E-state index contributed by atoms with van der Waals surface area (Å²) in [6.45, 7) is 2.30. The summed E-state index contributed by atoms with van der Waals surface area (Å²) >= 11 is 0. The zero-order valence-corrected chi connectivity index (χ0v) is 10.1. The number of carboxylic acids is 1. The van der Waals surface area contributed by atoms with Gasteiger partial charge in [-0.3, -0.25) is 0 Å². The fourth-order valence-corrected chi connectivity index (χ4v) is 1.99. The molecule has 1 saturated heterocycles. The Hall–Kier alpha value is -1.82. The standard InChI is InChI=1S/C12H17N3O3/c13-9-5-10(12(16)17)11(15-6-9)14-3-1-8-2-4-18-7-8/h5-6,8H,1-4,7,13H2,(H,14,15)(H,16,17). The number of pyridine rings is 1. The first-order valence-electron chi connectivity index (χ1n) is 5.97. The Morgan fingerprint density at radius 2 is 2.50 bits per heavy atom. The van der Waals surface area contributed by atoms with Gasteiger partial charge in [0, 0.05) is 19.8 Å². The van der Waals surface area contributed by atoms with Gasteiger partial charge in [0.15, 0.2) is 0 Å². The molecule has 4 N–H and O–H groups in total. The zero-order chi connectivity index (χ0) is 13.0. The molecule has 0 aromatic carbocycles. The number of carboxylic acid groups (broad SMARTS) is 1. The van der Waals surface area contributed by atoms with E-state index in [1.807, 2.05) is 0 Å². The number of nitrogens with one attached hydrogen (secondary N) is 1. The lowest BCUT2D eigenvalue weighted by Gasteiger charge is -2.11. The van der Waals surface area contributed by atoms with Gasteiger partial charge in [-0.1, -0.05) is 0 Å². The molecule has 2 heterocycles. The maximum Gasteiger partial charge on any atom is 0.339 e. The lowest BCUT2D eigenvalue weighted by molar-refractivity contribution is 0.0697. The summed E-state index contributed by atoms with van der Waals surface area (Å²) in [4.78, 5) is 15.1. The number of rotatable bonds is 5. The molecule has 0 bridgehead atoms. The molecule has 0 aliphatic carbocycles. The van der Waals surface area contributed by atoms with E-state index in [2.05, 4.69) is 10.3 Å². The van der Waals surface area contributed by atoms with Crippen LogP contribution in [-0.4, -0.2) is 35.8 Å². The second-order valence-corrected chi connectivity index (χ2v) is 4.42. The highest BCUT2D eigenvalue weighted by molar-refractivity contribution is 5.94. The van der Waals surface area contributed by atoms with E-state index in [9.17, 15) is 4.79 Å². The SMILES string of the molecule is Nc1cnc(NCCC2CCOC2)c(C(=O)O)c1. The van der Waals surface area contributed by atoms with Crippen molar-refractivity contribution < 1.29 is 14.6 Å². The van der Waals surface area contributed by atoms with Crippen LogP contribution in [0.4, 0.5) is 11.5 Å². The second kappa shape index (κ2) is 5.68. The summed E-state index contributed by atoms with van der Waals surface area (Å²) in [6.07, 6.45) is 3.47. The molecule has 2 rings (SSSR count). The third-order valence-electron chi connectivity index (χ3n) is 3.01. The molecule has 98 valence electrons. The van der Waals surface area contributed by atoms with E-state index in [4.69, 9.17) is 15.6 Å². The molecule has 6 heteroatoms. The Kier molecular flexibility index (Phi) is 3.99. The van der Waals surface area contributed by atoms with E-state index in [0.29, 0.717) is 24.0 Å². The van der Waals surface area contributed by atoms with Crippen molar-refractivity contribution in [3.8, 4) is 0 Å². The summed E-state index contributed by atoms with van der Waals surface area (Å²) in [5.74, 6) is -0.100. The van der Waals surface area contributed by atoms with Crippen molar-refractivity contribution >= 4 is 17.5 Å². The summed E-state index contributed by atoms with van der Waals surface area (Å²) in [5, 5.41) is 12.1. The highest BCUT2D eigenvalue weighted by Gasteiger charge is 2.16. The second-order valence-electron chi connectivity index (χ2n) is 4.42. The minimum absolute atomic E-state index is 0.109. The van der Waals surface area contributed by atoms with Crippen LogP contribution in [0.1, 0.15) is 23.2 Å². The predicted molar refractivity (Wildman–Crippen MR) is 67.6 cm³/mol. The van der Waals surface area contributed by atoms with Gasteiger partial charge in [-0.05, 0) is 24.8 Å². The molecule has 0 spiro atoms. The van der Waals surface area contributed by atoms with Crippen LogP contribution in [0.5, 0.6) is 0 Å². The minimum atomic E-state index is -1.03. The fraction of sp³-hybridized carbons (Fsp3) is 0.500. The highest BCUT2D eigenvalue weighted by Crippen LogP contribution is 2.18. The van der Waals surface area contributed by atoms with Crippen LogP contribution < -0.4 is 11.1 Å². The molecule has 0 amide bonds. The lowest BCUT2D eigenvalue weighted by atomic mass is 10.1. The molecular formula is C12H17N3O3. The van der Waals surface area contributed by atoms with Crippen molar-refractivity contribution in [1.82, 2.24) is 4.98 Å². The highest BCUT2D eigenvalue weighted by atomic mass is 16.5. The van der Waals surface area contributed by atoms with Crippen LogP contribution in [-0.2, 0) is 4.74 Å². The van der Waals surface area contributed by atoms with Crippen molar-refractivity contribution in [1.29, 1.82) is 0 Å². The van der Waals surface area contributed by atoms with E-state index in [0.717, 1.165) is 26.1 Å². The van der Waals surface area contributed by atoms with Gasteiger partial charge < -0.3 is 20.9 Å². The summed E-state index contributed by atoms with van der Waals surface area (Å²) in [5.41, 5.74) is 5.98. The number of aromatic nitrogens is 1. The Labute approximate surface area is 105 Å². The molecule has 1 aromatic rings. The van der Waals surface area contributed by atoms with Crippen LogP contribution >= 0.6 is 0 Å². The van der Waals surface area contributed by atoms with Gasteiger partial charge >= 0.3 is 5.97 Å². The number of anilines is 2. The summed E-state index contributed by atoms with van der Waals surface area (Å²) in [7, 11) is 0. The number of nitrogens with zero attached hydrogens (tertiary/aromatic N) is 1. The van der Waals surface area contributed by atoms with Crippen molar-refractivity contribution in [2.75, 3.05) is 30.8 Å². The first-order valence-corrected chi connectivity index (χ1v) is 5.97. The first kappa shape index (κ1) is 12.6. The van der Waals surface area contributed by atoms with Gasteiger partial charge in [-0.2, -0.15) is 0 Å². The van der Waals surface area contributed by atoms with E-state index >= 15 is 0 Å². The van der Waals surface area contributed by atoms with Crippen molar-refractivity contribution in [2.24, 2.45) is 5.92 Å².